The van der Waals surface area contributed by atoms with Gasteiger partial charge in [0.05, 0.1) is 12.8 Å². The number of carbonyl (C=O) groups excluding carboxylic acids is 3. The van der Waals surface area contributed by atoms with Gasteiger partial charge in [0.25, 0.3) is 5.91 Å². The maximum atomic E-state index is 13.0. The zero-order chi connectivity index (χ0) is 23.6. The minimum Gasteiger partial charge on any atom is -0.467 e. The van der Waals surface area contributed by atoms with Crippen LogP contribution in [0.15, 0.2) is 77.4 Å². The van der Waals surface area contributed by atoms with Crippen LogP contribution in [0, 0.1) is 5.92 Å². The number of rotatable bonds is 10. The van der Waals surface area contributed by atoms with Crippen molar-refractivity contribution in [2.75, 3.05) is 0 Å². The van der Waals surface area contributed by atoms with Crippen LogP contribution < -0.4 is 16.0 Å². The molecule has 0 saturated carbocycles. The van der Waals surface area contributed by atoms with Crippen LogP contribution in [0.25, 0.3) is 0 Å². The van der Waals surface area contributed by atoms with Gasteiger partial charge in [0.1, 0.15) is 11.8 Å². The first kappa shape index (κ1) is 23.8. The summed E-state index contributed by atoms with van der Waals surface area (Å²) in [6, 6.07) is 18.9. The molecule has 3 rings (SSSR count). The molecular weight excluding hydrogens is 418 g/mol. The van der Waals surface area contributed by atoms with Gasteiger partial charge in [0.15, 0.2) is 0 Å². The number of hydrogen-bond donors (Lipinski definition) is 3. The Kier molecular flexibility index (Phi) is 8.41. The summed E-state index contributed by atoms with van der Waals surface area (Å²) in [5, 5.41) is 8.52. The van der Waals surface area contributed by atoms with Crippen LogP contribution in [0.4, 0.5) is 0 Å². The molecule has 7 heteroatoms. The van der Waals surface area contributed by atoms with E-state index in [1.165, 1.54) is 0 Å². The summed E-state index contributed by atoms with van der Waals surface area (Å²) >= 11 is 0. The Morgan fingerprint density at radius 3 is 2.36 bits per heavy atom. The lowest BCUT2D eigenvalue weighted by Gasteiger charge is -2.19. The average molecular weight is 448 g/mol. The Morgan fingerprint density at radius 1 is 0.879 bits per heavy atom. The summed E-state index contributed by atoms with van der Waals surface area (Å²) in [7, 11) is 0. The van der Waals surface area contributed by atoms with E-state index < -0.39 is 6.04 Å². The van der Waals surface area contributed by atoms with Gasteiger partial charge < -0.3 is 20.4 Å². The van der Waals surface area contributed by atoms with Crippen molar-refractivity contribution in [2.45, 2.75) is 39.4 Å². The van der Waals surface area contributed by atoms with E-state index in [9.17, 15) is 14.4 Å². The smallest absolute Gasteiger partial charge is 0.251 e. The van der Waals surface area contributed by atoms with Crippen LogP contribution in [0.5, 0.6) is 0 Å². The molecule has 0 aliphatic carbocycles. The molecule has 33 heavy (non-hydrogen) atoms. The minimum absolute atomic E-state index is 0.177. The van der Waals surface area contributed by atoms with Gasteiger partial charge in [-0.3, -0.25) is 14.4 Å². The molecule has 0 radical (unpaired) electrons. The highest BCUT2D eigenvalue weighted by molar-refractivity contribution is 5.94. The standard InChI is InChI=1S/C26H29N3O4/c1-18(2)14-23(30)29-24(20-9-4-3-5-10-20)26(32)27-16-19-8-6-11-21(15-19)25(31)28-17-22-12-7-13-33-22/h3-13,15,18,24H,14,16-17H2,1-2H3,(H,27,32)(H,28,31)(H,29,30). The van der Waals surface area contributed by atoms with Crippen LogP contribution in [-0.2, 0) is 22.7 Å². The summed E-state index contributed by atoms with van der Waals surface area (Å²) in [6.45, 7) is 4.42. The molecule has 3 aromatic rings. The normalized spacial score (nSPS) is 11.6. The Labute approximate surface area is 193 Å². The van der Waals surface area contributed by atoms with Gasteiger partial charge in [0, 0.05) is 18.5 Å². The maximum absolute atomic E-state index is 13.0. The van der Waals surface area contributed by atoms with Gasteiger partial charge in [-0.2, -0.15) is 0 Å². The second-order valence-corrected chi connectivity index (χ2v) is 8.19. The number of nitrogens with one attached hydrogen (secondary N) is 3. The minimum atomic E-state index is -0.794. The van der Waals surface area contributed by atoms with Crippen molar-refractivity contribution in [2.24, 2.45) is 5.92 Å². The first-order chi connectivity index (χ1) is 15.9. The molecule has 3 N–H and O–H groups in total. The van der Waals surface area contributed by atoms with Crippen molar-refractivity contribution in [1.82, 2.24) is 16.0 Å². The van der Waals surface area contributed by atoms with Crippen molar-refractivity contribution in [3.63, 3.8) is 0 Å². The molecule has 0 bridgehead atoms. The summed E-state index contributed by atoms with van der Waals surface area (Å²) in [5.74, 6) is 0.127. The third-order valence-corrected chi connectivity index (χ3v) is 4.95. The molecular formula is C26H29N3O4. The third-order valence-electron chi connectivity index (χ3n) is 4.95. The molecule has 0 aliphatic rings. The first-order valence-electron chi connectivity index (χ1n) is 10.9. The lowest BCUT2D eigenvalue weighted by molar-refractivity contribution is -0.129. The third kappa shape index (κ3) is 7.35. The molecule has 0 saturated heterocycles. The molecule has 1 aromatic heterocycles. The molecule has 3 amide bonds. The van der Waals surface area contributed by atoms with E-state index in [0.29, 0.717) is 29.9 Å². The van der Waals surface area contributed by atoms with E-state index in [4.69, 9.17) is 4.42 Å². The van der Waals surface area contributed by atoms with E-state index in [0.717, 1.165) is 5.56 Å². The van der Waals surface area contributed by atoms with Crippen molar-refractivity contribution in [1.29, 1.82) is 0 Å². The predicted molar refractivity (Wildman–Crippen MR) is 125 cm³/mol. The molecule has 1 atom stereocenters. The van der Waals surface area contributed by atoms with Gasteiger partial charge in [-0.1, -0.05) is 56.3 Å². The average Bonchev–Trinajstić information content (AvgIpc) is 3.33. The molecule has 172 valence electrons. The van der Waals surface area contributed by atoms with E-state index in [2.05, 4.69) is 16.0 Å². The van der Waals surface area contributed by atoms with Crippen molar-refractivity contribution in [3.05, 3.63) is 95.4 Å². The van der Waals surface area contributed by atoms with Crippen LogP contribution in [-0.4, -0.2) is 17.7 Å². The lowest BCUT2D eigenvalue weighted by atomic mass is 10.0. The fourth-order valence-corrected chi connectivity index (χ4v) is 3.33. The largest absolute Gasteiger partial charge is 0.467 e. The molecule has 7 nitrogen and oxygen atoms in total. The van der Waals surface area contributed by atoms with Crippen molar-refractivity contribution < 1.29 is 18.8 Å². The molecule has 0 fully saturated rings. The van der Waals surface area contributed by atoms with Gasteiger partial charge in [-0.25, -0.2) is 0 Å². The Morgan fingerprint density at radius 2 is 1.67 bits per heavy atom. The summed E-state index contributed by atoms with van der Waals surface area (Å²) in [4.78, 5) is 37.8. The van der Waals surface area contributed by atoms with E-state index in [1.54, 1.807) is 36.6 Å². The van der Waals surface area contributed by atoms with E-state index in [-0.39, 0.29) is 30.2 Å². The van der Waals surface area contributed by atoms with Crippen molar-refractivity contribution >= 4 is 17.7 Å². The lowest BCUT2D eigenvalue weighted by Crippen LogP contribution is -2.40. The second kappa shape index (κ2) is 11.7. The van der Waals surface area contributed by atoms with Gasteiger partial charge in [0.2, 0.25) is 11.8 Å². The Hall–Kier alpha value is -3.87. The Bertz CT molecular complexity index is 1060. The summed E-state index contributed by atoms with van der Waals surface area (Å²) < 4.78 is 5.22. The SMILES string of the molecule is CC(C)CC(=O)NC(C(=O)NCc1cccc(C(=O)NCc2ccco2)c1)c1ccccc1. The zero-order valence-corrected chi connectivity index (χ0v) is 18.8. The van der Waals surface area contributed by atoms with Crippen LogP contribution in [0.3, 0.4) is 0 Å². The van der Waals surface area contributed by atoms with Gasteiger partial charge in [-0.05, 0) is 41.3 Å². The van der Waals surface area contributed by atoms with Crippen LogP contribution in [0.1, 0.15) is 53.6 Å². The number of hydrogen-bond acceptors (Lipinski definition) is 4. The number of furan rings is 1. The van der Waals surface area contributed by atoms with Crippen LogP contribution in [0.2, 0.25) is 0 Å². The first-order valence-corrected chi connectivity index (χ1v) is 10.9. The van der Waals surface area contributed by atoms with E-state index >= 15 is 0 Å². The number of amides is 3. The Balaban J connectivity index is 1.62. The molecule has 1 heterocycles. The predicted octanol–water partition coefficient (Wildman–Crippen LogP) is 3.73. The molecule has 0 aliphatic heterocycles. The number of carbonyl (C=O) groups is 3. The van der Waals surface area contributed by atoms with Gasteiger partial charge >= 0.3 is 0 Å². The second-order valence-electron chi connectivity index (χ2n) is 8.19. The monoisotopic (exact) mass is 447 g/mol. The quantitative estimate of drug-likeness (QED) is 0.441. The fraction of sp³-hybridized carbons (Fsp3) is 0.269. The highest BCUT2D eigenvalue weighted by Gasteiger charge is 2.22. The molecule has 0 spiro atoms. The summed E-state index contributed by atoms with van der Waals surface area (Å²) in [6.07, 6.45) is 1.89. The maximum Gasteiger partial charge on any atom is 0.251 e. The highest BCUT2D eigenvalue weighted by Crippen LogP contribution is 2.15. The topological polar surface area (TPSA) is 100 Å². The highest BCUT2D eigenvalue weighted by atomic mass is 16.3. The zero-order valence-electron chi connectivity index (χ0n) is 18.8. The number of benzene rings is 2. The molecule has 1 unspecified atom stereocenters. The fourth-order valence-electron chi connectivity index (χ4n) is 3.33. The van der Waals surface area contributed by atoms with Crippen LogP contribution >= 0.6 is 0 Å². The van der Waals surface area contributed by atoms with E-state index in [1.807, 2.05) is 50.2 Å². The van der Waals surface area contributed by atoms with Crippen molar-refractivity contribution in [3.8, 4) is 0 Å². The summed E-state index contributed by atoms with van der Waals surface area (Å²) in [5.41, 5.74) is 1.96. The van der Waals surface area contributed by atoms with Gasteiger partial charge in [-0.15, -0.1) is 0 Å². The molecule has 2 aromatic carbocycles.